The molecule has 14 heavy (non-hydrogen) atoms. The van der Waals surface area contributed by atoms with Crippen molar-refractivity contribution in [3.05, 3.63) is 0 Å². The predicted molar refractivity (Wildman–Crippen MR) is 57.1 cm³/mol. The minimum absolute atomic E-state index is 0.0724. The topological polar surface area (TPSA) is 48.3 Å². The third kappa shape index (κ3) is 5.92. The highest BCUT2D eigenvalue weighted by Crippen LogP contribution is 1.92. The fourth-order valence-corrected chi connectivity index (χ4v) is 1.25. The van der Waals surface area contributed by atoms with Crippen LogP contribution in [0.1, 0.15) is 13.8 Å². The summed E-state index contributed by atoms with van der Waals surface area (Å²) in [5.41, 5.74) is 0. The van der Waals surface area contributed by atoms with Crippen LogP contribution in [0.3, 0.4) is 0 Å². The van der Waals surface area contributed by atoms with Crippen LogP contribution < -0.4 is 5.32 Å². The number of likely N-dealkylation sites (N-methyl/N-ethyl adjacent to an activating group) is 2. The number of rotatable bonds is 8. The smallest absolute Gasteiger partial charge is 0.108 e. The van der Waals surface area contributed by atoms with Crippen LogP contribution in [0.15, 0.2) is 0 Å². The molecule has 0 aliphatic heterocycles. The average molecular weight is 199 g/mol. The van der Waals surface area contributed by atoms with Gasteiger partial charge in [0.1, 0.15) is 6.04 Å². The predicted octanol–water partition coefficient (Wildman–Crippen LogP) is 0.456. The van der Waals surface area contributed by atoms with Crippen molar-refractivity contribution in [1.82, 2.24) is 10.2 Å². The summed E-state index contributed by atoms with van der Waals surface area (Å²) in [4.78, 5) is 2.21. The molecule has 1 atom stereocenters. The molecule has 0 saturated heterocycles. The largest absolute Gasteiger partial charge is 0.383 e. The molecule has 0 aromatic rings. The number of methoxy groups -OCH3 is 1. The Bertz CT molecular complexity index is 167. The van der Waals surface area contributed by atoms with Crippen molar-refractivity contribution in [3.63, 3.8) is 0 Å². The van der Waals surface area contributed by atoms with Gasteiger partial charge in [-0.15, -0.1) is 0 Å². The van der Waals surface area contributed by atoms with E-state index in [1.54, 1.807) is 7.11 Å². The average Bonchev–Trinajstić information content (AvgIpc) is 2.22. The third-order valence-electron chi connectivity index (χ3n) is 2.11. The standard InChI is InChI=1S/C10H21N3O/c1-4-12-10(8-11)9-13(5-2)6-7-14-3/h10,12H,4-7,9H2,1-3H3. The molecule has 0 bridgehead atoms. The Labute approximate surface area is 86.8 Å². The maximum Gasteiger partial charge on any atom is 0.108 e. The van der Waals surface area contributed by atoms with Gasteiger partial charge >= 0.3 is 0 Å². The first kappa shape index (κ1) is 13.4. The molecule has 0 amide bonds. The van der Waals surface area contributed by atoms with E-state index in [1.165, 1.54) is 0 Å². The number of hydrogen-bond acceptors (Lipinski definition) is 4. The molecule has 0 saturated carbocycles. The van der Waals surface area contributed by atoms with Crippen LogP contribution >= 0.6 is 0 Å². The SMILES string of the molecule is CCNC(C#N)CN(CC)CCOC. The van der Waals surface area contributed by atoms with Crippen LogP contribution in [-0.2, 0) is 4.74 Å². The quantitative estimate of drug-likeness (QED) is 0.617. The first-order valence-electron chi connectivity index (χ1n) is 5.12. The second kappa shape index (κ2) is 8.95. The van der Waals surface area contributed by atoms with Gasteiger partial charge in [-0.2, -0.15) is 5.26 Å². The highest BCUT2D eigenvalue weighted by atomic mass is 16.5. The molecule has 4 nitrogen and oxygen atoms in total. The van der Waals surface area contributed by atoms with Gasteiger partial charge in [0, 0.05) is 20.2 Å². The van der Waals surface area contributed by atoms with Crippen molar-refractivity contribution < 1.29 is 4.74 Å². The minimum atomic E-state index is -0.0724. The summed E-state index contributed by atoms with van der Waals surface area (Å²) in [6.07, 6.45) is 0. The Hall–Kier alpha value is -0.630. The molecular weight excluding hydrogens is 178 g/mol. The van der Waals surface area contributed by atoms with E-state index in [-0.39, 0.29) is 6.04 Å². The molecule has 82 valence electrons. The summed E-state index contributed by atoms with van der Waals surface area (Å²) >= 11 is 0. The number of ether oxygens (including phenoxy) is 1. The number of nitriles is 1. The van der Waals surface area contributed by atoms with Crippen molar-refractivity contribution in [1.29, 1.82) is 5.26 Å². The Morgan fingerprint density at radius 2 is 2.21 bits per heavy atom. The summed E-state index contributed by atoms with van der Waals surface area (Å²) in [5.74, 6) is 0. The molecule has 0 radical (unpaired) electrons. The zero-order valence-corrected chi connectivity index (χ0v) is 9.42. The van der Waals surface area contributed by atoms with Crippen molar-refractivity contribution in [3.8, 4) is 6.07 Å². The summed E-state index contributed by atoms with van der Waals surface area (Å²) < 4.78 is 5.00. The maximum absolute atomic E-state index is 8.86. The van der Waals surface area contributed by atoms with Crippen LogP contribution in [0.4, 0.5) is 0 Å². The zero-order chi connectivity index (χ0) is 10.8. The van der Waals surface area contributed by atoms with Gasteiger partial charge in [0.05, 0.1) is 12.7 Å². The van der Waals surface area contributed by atoms with Gasteiger partial charge in [-0.1, -0.05) is 13.8 Å². The zero-order valence-electron chi connectivity index (χ0n) is 9.42. The molecule has 4 heteroatoms. The van der Waals surface area contributed by atoms with Crippen LogP contribution in [-0.4, -0.2) is 50.8 Å². The summed E-state index contributed by atoms with van der Waals surface area (Å²) in [7, 11) is 1.69. The van der Waals surface area contributed by atoms with E-state index in [9.17, 15) is 0 Å². The summed E-state index contributed by atoms with van der Waals surface area (Å²) in [5, 5.41) is 12.0. The molecule has 1 unspecified atom stereocenters. The summed E-state index contributed by atoms with van der Waals surface area (Å²) in [6, 6.07) is 2.18. The first-order valence-corrected chi connectivity index (χ1v) is 5.12. The lowest BCUT2D eigenvalue weighted by Crippen LogP contribution is -2.41. The van der Waals surface area contributed by atoms with Crippen molar-refractivity contribution in [2.24, 2.45) is 0 Å². The Balaban J connectivity index is 3.82. The summed E-state index contributed by atoms with van der Waals surface area (Å²) in [6.45, 7) is 8.26. The first-order chi connectivity index (χ1) is 6.78. The second-order valence-electron chi connectivity index (χ2n) is 3.13. The van der Waals surface area contributed by atoms with Gasteiger partial charge in [-0.25, -0.2) is 0 Å². The molecule has 1 N–H and O–H groups in total. The molecule has 0 heterocycles. The Kier molecular flexibility index (Phi) is 8.54. The van der Waals surface area contributed by atoms with Gasteiger partial charge in [0.25, 0.3) is 0 Å². The Morgan fingerprint density at radius 1 is 1.50 bits per heavy atom. The molecule has 0 aliphatic rings. The molecule has 0 rings (SSSR count). The number of hydrogen-bond donors (Lipinski definition) is 1. The van der Waals surface area contributed by atoms with Gasteiger partial charge < -0.3 is 10.1 Å². The molecule has 0 spiro atoms. The van der Waals surface area contributed by atoms with Crippen LogP contribution in [0.5, 0.6) is 0 Å². The molecule has 0 aliphatic carbocycles. The lowest BCUT2D eigenvalue weighted by atomic mass is 10.3. The van der Waals surface area contributed by atoms with Crippen LogP contribution in [0.2, 0.25) is 0 Å². The minimum Gasteiger partial charge on any atom is -0.383 e. The Morgan fingerprint density at radius 3 is 2.64 bits per heavy atom. The molecule has 0 aromatic heterocycles. The van der Waals surface area contributed by atoms with E-state index in [2.05, 4.69) is 23.2 Å². The lowest BCUT2D eigenvalue weighted by molar-refractivity contribution is 0.148. The van der Waals surface area contributed by atoms with Crippen LogP contribution in [0, 0.1) is 11.3 Å². The van der Waals surface area contributed by atoms with Gasteiger partial charge in [0.15, 0.2) is 0 Å². The third-order valence-corrected chi connectivity index (χ3v) is 2.11. The van der Waals surface area contributed by atoms with E-state index >= 15 is 0 Å². The van der Waals surface area contributed by atoms with Crippen molar-refractivity contribution >= 4 is 0 Å². The van der Waals surface area contributed by atoms with E-state index in [1.807, 2.05) is 6.92 Å². The monoisotopic (exact) mass is 199 g/mol. The number of nitrogens with zero attached hydrogens (tertiary/aromatic N) is 2. The lowest BCUT2D eigenvalue weighted by Gasteiger charge is -2.22. The number of nitrogens with one attached hydrogen (secondary N) is 1. The van der Waals surface area contributed by atoms with E-state index < -0.39 is 0 Å². The van der Waals surface area contributed by atoms with Gasteiger partial charge in [-0.3, -0.25) is 4.90 Å². The van der Waals surface area contributed by atoms with Gasteiger partial charge in [-0.05, 0) is 13.1 Å². The van der Waals surface area contributed by atoms with E-state index in [0.29, 0.717) is 0 Å². The highest BCUT2D eigenvalue weighted by Gasteiger charge is 2.10. The maximum atomic E-state index is 8.86. The molecule has 0 fully saturated rings. The van der Waals surface area contributed by atoms with Crippen molar-refractivity contribution in [2.75, 3.05) is 39.9 Å². The second-order valence-corrected chi connectivity index (χ2v) is 3.13. The molecule has 0 aromatic carbocycles. The fourth-order valence-electron chi connectivity index (χ4n) is 1.25. The van der Waals surface area contributed by atoms with Gasteiger partial charge in [0.2, 0.25) is 0 Å². The normalized spacial score (nSPS) is 12.8. The molecular formula is C10H21N3O. The van der Waals surface area contributed by atoms with Crippen LogP contribution in [0.25, 0.3) is 0 Å². The highest BCUT2D eigenvalue weighted by molar-refractivity contribution is 4.91. The van der Waals surface area contributed by atoms with E-state index in [4.69, 9.17) is 10.00 Å². The van der Waals surface area contributed by atoms with Crippen molar-refractivity contribution in [2.45, 2.75) is 19.9 Å². The van der Waals surface area contributed by atoms with E-state index in [0.717, 1.165) is 32.8 Å². The fraction of sp³-hybridized carbons (Fsp3) is 0.900.